The van der Waals surface area contributed by atoms with E-state index in [4.69, 9.17) is 14.6 Å². The molecule has 29 heavy (non-hydrogen) atoms. The van der Waals surface area contributed by atoms with Crippen LogP contribution in [-0.4, -0.2) is 22.9 Å². The second kappa shape index (κ2) is 6.81. The van der Waals surface area contributed by atoms with Crippen molar-refractivity contribution in [2.45, 2.75) is 18.7 Å². The number of ether oxygens (including phenoxy) is 2. The van der Waals surface area contributed by atoms with Gasteiger partial charge >= 0.3 is 0 Å². The molecule has 2 aliphatic heterocycles. The average Bonchev–Trinajstić information content (AvgIpc) is 3.18. The van der Waals surface area contributed by atoms with E-state index in [0.29, 0.717) is 29.0 Å². The van der Waals surface area contributed by atoms with E-state index in [2.05, 4.69) is 0 Å². The van der Waals surface area contributed by atoms with Gasteiger partial charge in [-0.2, -0.15) is 5.10 Å². The van der Waals surface area contributed by atoms with Gasteiger partial charge < -0.3 is 14.6 Å². The highest BCUT2D eigenvalue weighted by molar-refractivity contribution is 6.04. The second-order valence-corrected chi connectivity index (χ2v) is 7.07. The summed E-state index contributed by atoms with van der Waals surface area (Å²) < 4.78 is 25.7. The third-order valence-corrected chi connectivity index (χ3v) is 5.35. The van der Waals surface area contributed by atoms with Gasteiger partial charge in [-0.25, -0.2) is 9.40 Å². The molecule has 0 radical (unpaired) electrons. The van der Waals surface area contributed by atoms with Crippen LogP contribution in [0.1, 0.15) is 35.4 Å². The lowest BCUT2D eigenvalue weighted by atomic mass is 9.95. The Balaban J connectivity index is 1.65. The van der Waals surface area contributed by atoms with Crippen LogP contribution in [0.2, 0.25) is 0 Å². The maximum atomic E-state index is 13.9. The number of methoxy groups -OCH3 is 1. The summed E-state index contributed by atoms with van der Waals surface area (Å²) >= 11 is 0. The Morgan fingerprint density at radius 3 is 2.72 bits per heavy atom. The minimum absolute atomic E-state index is 0.114. The number of hydrogen-bond acceptors (Lipinski definition) is 5. The molecular formula is C23H19FN2O3. The molecule has 0 aromatic heterocycles. The average molecular weight is 390 g/mol. The zero-order valence-electron chi connectivity index (χ0n) is 15.7. The van der Waals surface area contributed by atoms with Gasteiger partial charge in [0.25, 0.3) is 0 Å². The molecule has 1 N–H and O–H groups in total. The lowest BCUT2D eigenvalue weighted by Crippen LogP contribution is -2.34. The maximum absolute atomic E-state index is 13.9. The number of halogens is 1. The van der Waals surface area contributed by atoms with E-state index in [1.54, 1.807) is 25.3 Å². The number of aromatic hydroxyl groups is 1. The smallest absolute Gasteiger partial charge is 0.214 e. The standard InChI is InChI=1S/C23H19FN2O3/c1-28-21-11-5-9-17-19-13-18(16-8-2-3-10-20(16)27)25-26(19)23(29-22(17)21)14-6-4-7-15(24)12-14/h2-12,19,23,27H,13H2,1H3/t19-,23-/m1/s1. The minimum atomic E-state index is -0.608. The summed E-state index contributed by atoms with van der Waals surface area (Å²) in [6, 6.07) is 19.1. The first-order chi connectivity index (χ1) is 14.2. The van der Waals surface area contributed by atoms with Gasteiger partial charge in [0.15, 0.2) is 11.5 Å². The van der Waals surface area contributed by atoms with Crippen molar-refractivity contribution in [2.75, 3.05) is 7.11 Å². The fourth-order valence-corrected chi connectivity index (χ4v) is 4.01. The van der Waals surface area contributed by atoms with Crippen molar-refractivity contribution < 1.29 is 19.0 Å². The number of phenolic OH excluding ortho intramolecular Hbond substituents is 1. The van der Waals surface area contributed by atoms with Crippen LogP contribution < -0.4 is 9.47 Å². The molecule has 0 aliphatic carbocycles. The molecule has 0 unspecified atom stereocenters. The molecule has 3 aromatic rings. The Labute approximate surface area is 167 Å². The normalized spacial score (nSPS) is 19.8. The van der Waals surface area contributed by atoms with Crippen molar-refractivity contribution in [2.24, 2.45) is 5.10 Å². The highest BCUT2D eigenvalue weighted by atomic mass is 19.1. The molecule has 3 aromatic carbocycles. The number of phenols is 1. The molecule has 2 atom stereocenters. The van der Waals surface area contributed by atoms with E-state index in [1.807, 2.05) is 41.4 Å². The number of nitrogens with zero attached hydrogens (tertiary/aromatic N) is 2. The quantitative estimate of drug-likeness (QED) is 0.699. The number of hydrogen-bond donors (Lipinski definition) is 1. The van der Waals surface area contributed by atoms with E-state index in [1.165, 1.54) is 12.1 Å². The summed E-state index contributed by atoms with van der Waals surface area (Å²) in [6.07, 6.45) is -0.0183. The number of para-hydroxylation sites is 2. The van der Waals surface area contributed by atoms with Gasteiger partial charge in [-0.1, -0.05) is 36.4 Å². The van der Waals surface area contributed by atoms with Crippen LogP contribution in [0.15, 0.2) is 71.8 Å². The summed E-state index contributed by atoms with van der Waals surface area (Å²) in [5.74, 6) is 1.11. The van der Waals surface area contributed by atoms with Gasteiger partial charge in [-0.05, 0) is 30.3 Å². The summed E-state index contributed by atoms with van der Waals surface area (Å²) in [5.41, 5.74) is 3.05. The molecule has 0 saturated carbocycles. The molecule has 6 heteroatoms. The summed E-state index contributed by atoms with van der Waals surface area (Å²) in [6.45, 7) is 0. The Hall–Kier alpha value is -3.54. The molecule has 0 bridgehead atoms. The van der Waals surface area contributed by atoms with Crippen molar-refractivity contribution >= 4 is 5.71 Å². The second-order valence-electron chi connectivity index (χ2n) is 7.07. The van der Waals surface area contributed by atoms with E-state index in [0.717, 1.165) is 11.3 Å². The molecule has 0 saturated heterocycles. The molecule has 0 spiro atoms. The molecule has 0 fully saturated rings. The third kappa shape index (κ3) is 2.88. The zero-order chi connectivity index (χ0) is 20.0. The first-order valence-electron chi connectivity index (χ1n) is 9.39. The molecule has 5 nitrogen and oxygen atoms in total. The number of benzene rings is 3. The topological polar surface area (TPSA) is 54.3 Å². The number of hydrazone groups is 1. The monoisotopic (exact) mass is 390 g/mol. The van der Waals surface area contributed by atoms with E-state index in [-0.39, 0.29) is 17.6 Å². The van der Waals surface area contributed by atoms with Crippen molar-refractivity contribution in [1.29, 1.82) is 0 Å². The number of fused-ring (bicyclic) bond motifs is 3. The van der Waals surface area contributed by atoms with E-state index >= 15 is 0 Å². The Morgan fingerprint density at radius 2 is 1.93 bits per heavy atom. The molecule has 2 aliphatic rings. The van der Waals surface area contributed by atoms with Gasteiger partial charge in [-0.3, -0.25) is 0 Å². The van der Waals surface area contributed by atoms with Crippen LogP contribution in [0.5, 0.6) is 17.2 Å². The fraction of sp³-hybridized carbons (Fsp3) is 0.174. The first kappa shape index (κ1) is 17.6. The fourth-order valence-electron chi connectivity index (χ4n) is 4.01. The van der Waals surface area contributed by atoms with Crippen molar-refractivity contribution in [3.63, 3.8) is 0 Å². The van der Waals surface area contributed by atoms with E-state index in [9.17, 15) is 9.50 Å². The largest absolute Gasteiger partial charge is 0.507 e. The molecule has 2 heterocycles. The molecule has 146 valence electrons. The van der Waals surface area contributed by atoms with Gasteiger partial charge in [0.05, 0.1) is 18.9 Å². The maximum Gasteiger partial charge on any atom is 0.214 e. The SMILES string of the molecule is COc1cccc2c1O[C@H](c1cccc(F)c1)N1N=C(c3ccccc3O)C[C@H]21. The molecule has 5 rings (SSSR count). The predicted molar refractivity (Wildman–Crippen MR) is 107 cm³/mol. The summed E-state index contributed by atoms with van der Waals surface area (Å²) in [4.78, 5) is 0. The van der Waals surface area contributed by atoms with Crippen LogP contribution in [0, 0.1) is 5.82 Å². The van der Waals surface area contributed by atoms with Crippen LogP contribution in [-0.2, 0) is 0 Å². The van der Waals surface area contributed by atoms with Crippen LogP contribution in [0.25, 0.3) is 0 Å². The van der Waals surface area contributed by atoms with Crippen molar-refractivity contribution in [3.8, 4) is 17.2 Å². The summed E-state index contributed by atoms with van der Waals surface area (Å²) in [5, 5.41) is 16.9. The van der Waals surface area contributed by atoms with E-state index < -0.39 is 6.23 Å². The molecular weight excluding hydrogens is 371 g/mol. The Kier molecular flexibility index (Phi) is 4.12. The predicted octanol–water partition coefficient (Wildman–Crippen LogP) is 4.78. The first-order valence-corrected chi connectivity index (χ1v) is 9.39. The lowest BCUT2D eigenvalue weighted by molar-refractivity contribution is -0.0210. The minimum Gasteiger partial charge on any atom is -0.507 e. The molecule has 0 amide bonds. The Bertz CT molecular complexity index is 1110. The van der Waals surface area contributed by atoms with Gasteiger partial charge in [0, 0.05) is 23.1 Å². The van der Waals surface area contributed by atoms with Crippen molar-refractivity contribution in [3.05, 3.63) is 89.2 Å². The van der Waals surface area contributed by atoms with Gasteiger partial charge in [0.1, 0.15) is 11.6 Å². The van der Waals surface area contributed by atoms with Crippen LogP contribution in [0.3, 0.4) is 0 Å². The third-order valence-electron chi connectivity index (χ3n) is 5.35. The lowest BCUT2D eigenvalue weighted by Gasteiger charge is -2.38. The van der Waals surface area contributed by atoms with Crippen molar-refractivity contribution in [1.82, 2.24) is 5.01 Å². The zero-order valence-corrected chi connectivity index (χ0v) is 15.7. The van der Waals surface area contributed by atoms with Crippen LogP contribution >= 0.6 is 0 Å². The number of rotatable bonds is 3. The van der Waals surface area contributed by atoms with Gasteiger partial charge in [-0.15, -0.1) is 0 Å². The van der Waals surface area contributed by atoms with Crippen LogP contribution in [0.4, 0.5) is 4.39 Å². The summed E-state index contributed by atoms with van der Waals surface area (Å²) in [7, 11) is 1.60. The Morgan fingerprint density at radius 1 is 1.10 bits per heavy atom. The highest BCUT2D eigenvalue weighted by Gasteiger charge is 2.42. The highest BCUT2D eigenvalue weighted by Crippen LogP contribution is 2.50. The van der Waals surface area contributed by atoms with Gasteiger partial charge in [0.2, 0.25) is 6.23 Å².